The molecule has 142 valence electrons. The minimum absolute atomic E-state index is 0.0467. The van der Waals surface area contributed by atoms with Crippen LogP contribution in [0.4, 0.5) is 0 Å². The molecule has 0 aromatic heterocycles. The molecule has 28 heavy (non-hydrogen) atoms. The Bertz CT molecular complexity index is 855. The maximum absolute atomic E-state index is 12.5. The van der Waals surface area contributed by atoms with Crippen LogP contribution in [0.1, 0.15) is 41.5 Å². The van der Waals surface area contributed by atoms with Crippen molar-refractivity contribution in [3.05, 3.63) is 108 Å². The zero-order valence-electron chi connectivity index (χ0n) is 15.5. The third-order valence-corrected chi connectivity index (χ3v) is 4.69. The lowest BCUT2D eigenvalue weighted by atomic mass is 9.81. The first kappa shape index (κ1) is 19.4. The Morgan fingerprint density at radius 1 is 0.679 bits per heavy atom. The fraction of sp³-hybridized carbons (Fsp3) is 0.167. The van der Waals surface area contributed by atoms with E-state index < -0.39 is 5.97 Å². The average molecular weight is 373 g/mol. The van der Waals surface area contributed by atoms with Crippen molar-refractivity contribution < 1.29 is 14.7 Å². The predicted octanol–water partition coefficient (Wildman–Crippen LogP) is 4.54. The average Bonchev–Trinajstić information content (AvgIpc) is 2.74. The van der Waals surface area contributed by atoms with Crippen LogP contribution in [-0.2, 0) is 9.59 Å². The standard InChI is InChI=1S/C24H23NO3/c26-21(16-17-22(27)28)25-24(20-14-8-3-9-15-20)23(18-10-4-1-5-11-18)19-12-6-2-7-13-19/h1-15,23-24H,16-17H2,(H,25,26)(H,27,28)/t24-/m1/s1. The van der Waals surface area contributed by atoms with E-state index in [1.54, 1.807) is 0 Å². The summed E-state index contributed by atoms with van der Waals surface area (Å²) in [4.78, 5) is 23.4. The molecule has 2 N–H and O–H groups in total. The third-order valence-electron chi connectivity index (χ3n) is 4.69. The molecule has 0 radical (unpaired) electrons. The first-order valence-electron chi connectivity index (χ1n) is 9.31. The van der Waals surface area contributed by atoms with Gasteiger partial charge >= 0.3 is 5.97 Å². The van der Waals surface area contributed by atoms with Crippen molar-refractivity contribution in [3.63, 3.8) is 0 Å². The monoisotopic (exact) mass is 373 g/mol. The molecule has 1 atom stereocenters. The number of rotatable bonds is 8. The number of hydrogen-bond acceptors (Lipinski definition) is 2. The number of carbonyl (C=O) groups excluding carboxylic acids is 1. The molecule has 0 unspecified atom stereocenters. The fourth-order valence-electron chi connectivity index (χ4n) is 3.38. The topological polar surface area (TPSA) is 66.4 Å². The van der Waals surface area contributed by atoms with Gasteiger partial charge in [0.2, 0.25) is 5.91 Å². The second-order valence-electron chi connectivity index (χ2n) is 6.65. The first-order valence-corrected chi connectivity index (χ1v) is 9.31. The van der Waals surface area contributed by atoms with Crippen LogP contribution in [-0.4, -0.2) is 17.0 Å². The number of carboxylic acid groups (broad SMARTS) is 1. The van der Waals surface area contributed by atoms with E-state index in [0.29, 0.717) is 0 Å². The molecule has 0 spiro atoms. The number of hydrogen-bond donors (Lipinski definition) is 2. The van der Waals surface area contributed by atoms with Gasteiger partial charge in [-0.3, -0.25) is 9.59 Å². The van der Waals surface area contributed by atoms with Gasteiger partial charge in [0.15, 0.2) is 0 Å². The van der Waals surface area contributed by atoms with E-state index in [1.807, 2.05) is 66.7 Å². The van der Waals surface area contributed by atoms with Crippen LogP contribution in [0, 0.1) is 0 Å². The molecule has 4 nitrogen and oxygen atoms in total. The van der Waals surface area contributed by atoms with Crippen LogP contribution in [0.3, 0.4) is 0 Å². The van der Waals surface area contributed by atoms with Gasteiger partial charge in [-0.25, -0.2) is 0 Å². The van der Waals surface area contributed by atoms with E-state index >= 15 is 0 Å². The van der Waals surface area contributed by atoms with E-state index in [-0.39, 0.29) is 30.7 Å². The van der Waals surface area contributed by atoms with Gasteiger partial charge < -0.3 is 10.4 Å². The fourth-order valence-corrected chi connectivity index (χ4v) is 3.38. The van der Waals surface area contributed by atoms with Crippen molar-refractivity contribution in [2.45, 2.75) is 24.8 Å². The van der Waals surface area contributed by atoms with E-state index in [2.05, 4.69) is 29.6 Å². The molecule has 0 fully saturated rings. The lowest BCUT2D eigenvalue weighted by molar-refractivity contribution is -0.138. The Labute approximate surface area is 164 Å². The van der Waals surface area contributed by atoms with Crippen molar-refractivity contribution in [1.29, 1.82) is 0 Å². The third kappa shape index (κ3) is 5.07. The van der Waals surface area contributed by atoms with Gasteiger partial charge in [-0.2, -0.15) is 0 Å². The number of amides is 1. The number of carbonyl (C=O) groups is 2. The summed E-state index contributed by atoms with van der Waals surface area (Å²) >= 11 is 0. The number of aliphatic carboxylic acids is 1. The van der Waals surface area contributed by atoms with Crippen LogP contribution in [0.25, 0.3) is 0 Å². The van der Waals surface area contributed by atoms with Crippen LogP contribution < -0.4 is 5.32 Å². The minimum Gasteiger partial charge on any atom is -0.481 e. The minimum atomic E-state index is -0.978. The normalized spacial score (nSPS) is 11.8. The molecule has 0 heterocycles. The van der Waals surface area contributed by atoms with Crippen molar-refractivity contribution >= 4 is 11.9 Å². The predicted molar refractivity (Wildman–Crippen MR) is 109 cm³/mol. The number of carboxylic acids is 1. The lowest BCUT2D eigenvalue weighted by Gasteiger charge is -2.29. The molecule has 0 aliphatic carbocycles. The highest BCUT2D eigenvalue weighted by Crippen LogP contribution is 2.36. The van der Waals surface area contributed by atoms with E-state index in [9.17, 15) is 9.59 Å². The smallest absolute Gasteiger partial charge is 0.303 e. The Hall–Kier alpha value is -3.40. The van der Waals surface area contributed by atoms with E-state index in [0.717, 1.165) is 16.7 Å². The molecule has 3 aromatic carbocycles. The molecule has 0 bridgehead atoms. The van der Waals surface area contributed by atoms with Gasteiger partial charge in [-0.15, -0.1) is 0 Å². The maximum Gasteiger partial charge on any atom is 0.303 e. The van der Waals surface area contributed by atoms with Gasteiger partial charge in [-0.05, 0) is 16.7 Å². The van der Waals surface area contributed by atoms with Gasteiger partial charge in [0.1, 0.15) is 0 Å². The Morgan fingerprint density at radius 3 is 1.54 bits per heavy atom. The van der Waals surface area contributed by atoms with E-state index in [4.69, 9.17) is 5.11 Å². The highest BCUT2D eigenvalue weighted by atomic mass is 16.4. The maximum atomic E-state index is 12.5. The van der Waals surface area contributed by atoms with Crippen molar-refractivity contribution in [3.8, 4) is 0 Å². The van der Waals surface area contributed by atoms with Crippen LogP contribution in [0.15, 0.2) is 91.0 Å². The Morgan fingerprint density at radius 2 is 1.11 bits per heavy atom. The Balaban J connectivity index is 2.01. The summed E-state index contributed by atoms with van der Waals surface area (Å²) in [6, 6.07) is 29.6. The highest BCUT2D eigenvalue weighted by Gasteiger charge is 2.28. The van der Waals surface area contributed by atoms with Crippen LogP contribution >= 0.6 is 0 Å². The van der Waals surface area contributed by atoms with Crippen LogP contribution in [0.2, 0.25) is 0 Å². The first-order chi connectivity index (χ1) is 13.6. The van der Waals surface area contributed by atoms with E-state index in [1.165, 1.54) is 0 Å². The molecule has 0 aliphatic heterocycles. The molecule has 0 saturated carbocycles. The zero-order chi connectivity index (χ0) is 19.8. The lowest BCUT2D eigenvalue weighted by Crippen LogP contribution is -2.33. The zero-order valence-corrected chi connectivity index (χ0v) is 15.5. The molecular weight excluding hydrogens is 350 g/mol. The van der Waals surface area contributed by atoms with Gasteiger partial charge in [0.05, 0.1) is 12.5 Å². The SMILES string of the molecule is O=C(O)CCC(=O)N[C@H](c1ccccc1)C(c1ccccc1)c1ccccc1. The number of nitrogens with one attached hydrogen (secondary N) is 1. The molecule has 3 rings (SSSR count). The summed E-state index contributed by atoms with van der Waals surface area (Å²) < 4.78 is 0. The van der Waals surface area contributed by atoms with Crippen molar-refractivity contribution in [1.82, 2.24) is 5.32 Å². The number of benzene rings is 3. The quantitative estimate of drug-likeness (QED) is 0.609. The van der Waals surface area contributed by atoms with Crippen molar-refractivity contribution in [2.75, 3.05) is 0 Å². The van der Waals surface area contributed by atoms with Crippen LogP contribution in [0.5, 0.6) is 0 Å². The van der Waals surface area contributed by atoms with Crippen molar-refractivity contribution in [2.24, 2.45) is 0 Å². The summed E-state index contributed by atoms with van der Waals surface area (Å²) in [5.74, 6) is -1.35. The molecule has 1 amide bonds. The summed E-state index contributed by atoms with van der Waals surface area (Å²) in [6.07, 6.45) is -0.232. The van der Waals surface area contributed by atoms with Gasteiger partial charge in [0.25, 0.3) is 0 Å². The summed E-state index contributed by atoms with van der Waals surface area (Å²) in [7, 11) is 0. The molecular formula is C24H23NO3. The second-order valence-corrected chi connectivity index (χ2v) is 6.65. The summed E-state index contributed by atoms with van der Waals surface area (Å²) in [5, 5.41) is 12.0. The van der Waals surface area contributed by atoms with Gasteiger partial charge in [0, 0.05) is 12.3 Å². The largest absolute Gasteiger partial charge is 0.481 e. The second kappa shape index (κ2) is 9.51. The molecule has 3 aromatic rings. The highest BCUT2D eigenvalue weighted by molar-refractivity contribution is 5.81. The molecule has 4 heteroatoms. The molecule has 0 aliphatic rings. The summed E-state index contributed by atoms with van der Waals surface area (Å²) in [6.45, 7) is 0. The molecule has 0 saturated heterocycles. The summed E-state index contributed by atoms with van der Waals surface area (Å²) in [5.41, 5.74) is 3.14. The Kier molecular flexibility index (Phi) is 6.58. The van der Waals surface area contributed by atoms with Gasteiger partial charge in [-0.1, -0.05) is 91.0 Å².